The summed E-state index contributed by atoms with van der Waals surface area (Å²) in [5.74, 6) is 0.660. The summed E-state index contributed by atoms with van der Waals surface area (Å²) in [5, 5.41) is 0.544. The van der Waals surface area contributed by atoms with Gasteiger partial charge in [-0.25, -0.2) is 9.37 Å². The second kappa shape index (κ2) is 12.2. The number of aromatic nitrogens is 1. The van der Waals surface area contributed by atoms with Crippen LogP contribution in [0.4, 0.5) is 9.52 Å². The second-order valence-electron chi connectivity index (χ2n) is 6.62. The number of para-hydroxylation sites is 1. The maximum atomic E-state index is 14.1. The Labute approximate surface area is 197 Å². The third-order valence-corrected chi connectivity index (χ3v) is 6.89. The lowest BCUT2D eigenvalue weighted by molar-refractivity contribution is -0.116. The van der Waals surface area contributed by atoms with Gasteiger partial charge in [-0.05, 0) is 49.5 Å². The molecule has 1 aromatic heterocycles. The van der Waals surface area contributed by atoms with E-state index in [1.165, 1.54) is 29.2 Å². The number of methoxy groups -OCH3 is 1. The molecular weight excluding hydrogens is 457 g/mol. The molecule has 3 aromatic rings. The van der Waals surface area contributed by atoms with E-state index < -0.39 is 0 Å². The Kier molecular flexibility index (Phi) is 10.0. The molecule has 0 N–H and O–H groups in total. The second-order valence-corrected chi connectivity index (χ2v) is 8.68. The van der Waals surface area contributed by atoms with Crippen LogP contribution in [0.3, 0.4) is 0 Å². The van der Waals surface area contributed by atoms with Crippen LogP contribution in [0.25, 0.3) is 10.2 Å². The van der Waals surface area contributed by atoms with Gasteiger partial charge >= 0.3 is 0 Å². The molecule has 0 saturated carbocycles. The number of hydrogen-bond donors (Lipinski definition) is 0. The normalized spacial score (nSPS) is 10.9. The Hall–Kier alpha value is -1.87. The fourth-order valence-electron chi connectivity index (χ4n) is 3.02. The van der Waals surface area contributed by atoms with E-state index in [1.54, 1.807) is 18.1 Å². The molecule has 168 valence electrons. The largest absolute Gasteiger partial charge is 0.497 e. The quantitative estimate of drug-likeness (QED) is 0.364. The van der Waals surface area contributed by atoms with E-state index in [2.05, 4.69) is 23.7 Å². The lowest BCUT2D eigenvalue weighted by Crippen LogP contribution is -2.39. The number of carbonyl (C=O) groups excluding carboxylic acids is 1. The average molecular weight is 484 g/mol. The molecule has 0 aliphatic carbocycles. The topological polar surface area (TPSA) is 45.7 Å². The monoisotopic (exact) mass is 483 g/mol. The Bertz CT molecular complexity index is 981. The highest BCUT2D eigenvalue weighted by atomic mass is 35.5. The summed E-state index contributed by atoms with van der Waals surface area (Å²) in [6.07, 6.45) is 0. The molecule has 0 fully saturated rings. The molecular formula is C22H27ClFN3O2S2. The van der Waals surface area contributed by atoms with Gasteiger partial charge in [-0.3, -0.25) is 9.69 Å². The van der Waals surface area contributed by atoms with Gasteiger partial charge in [-0.15, -0.1) is 24.2 Å². The van der Waals surface area contributed by atoms with Crippen molar-refractivity contribution in [1.29, 1.82) is 0 Å². The number of anilines is 1. The minimum absolute atomic E-state index is 0. The number of benzene rings is 2. The van der Waals surface area contributed by atoms with Gasteiger partial charge in [-0.1, -0.05) is 31.3 Å². The standard InChI is InChI=1S/C22H26FN3O2S2.ClH/c1-4-25(5-2)13-14-26(22-24-21-18(23)7-6-8-19(21)30-22)20(27)15-29-17-11-9-16(28-3)10-12-17;/h6-12H,4-5,13-15H2,1-3H3;1H. The molecule has 2 aromatic carbocycles. The first-order valence-electron chi connectivity index (χ1n) is 9.90. The number of fused-ring (bicyclic) bond motifs is 1. The molecule has 0 aliphatic heterocycles. The summed E-state index contributed by atoms with van der Waals surface area (Å²) in [7, 11) is 1.63. The summed E-state index contributed by atoms with van der Waals surface area (Å²) < 4.78 is 20.1. The van der Waals surface area contributed by atoms with E-state index in [0.717, 1.165) is 35.0 Å². The number of likely N-dealkylation sites (N-methyl/N-ethyl adjacent to an activating group) is 1. The van der Waals surface area contributed by atoms with E-state index >= 15 is 0 Å². The van der Waals surface area contributed by atoms with Crippen LogP contribution < -0.4 is 9.64 Å². The summed E-state index contributed by atoms with van der Waals surface area (Å²) >= 11 is 2.82. The molecule has 5 nitrogen and oxygen atoms in total. The van der Waals surface area contributed by atoms with Crippen molar-refractivity contribution in [1.82, 2.24) is 9.88 Å². The number of carbonyl (C=O) groups is 1. The number of halogens is 2. The zero-order valence-corrected chi connectivity index (χ0v) is 20.3. The molecule has 0 radical (unpaired) electrons. The predicted octanol–water partition coefficient (Wildman–Crippen LogP) is 5.33. The van der Waals surface area contributed by atoms with Gasteiger partial charge in [-0.2, -0.15) is 0 Å². The van der Waals surface area contributed by atoms with Gasteiger partial charge in [0, 0.05) is 18.0 Å². The fraction of sp³-hybridized carbons (Fsp3) is 0.364. The molecule has 31 heavy (non-hydrogen) atoms. The zero-order chi connectivity index (χ0) is 21.5. The lowest BCUT2D eigenvalue weighted by atomic mass is 10.3. The lowest BCUT2D eigenvalue weighted by Gasteiger charge is -2.24. The molecule has 3 rings (SSSR count). The summed E-state index contributed by atoms with van der Waals surface area (Å²) in [6.45, 7) is 7.28. The molecule has 9 heteroatoms. The molecule has 0 saturated heterocycles. The zero-order valence-electron chi connectivity index (χ0n) is 17.8. The molecule has 1 amide bonds. The van der Waals surface area contributed by atoms with E-state index in [0.29, 0.717) is 17.2 Å². The smallest absolute Gasteiger partial charge is 0.239 e. The highest BCUT2D eigenvalue weighted by Gasteiger charge is 2.21. The molecule has 1 heterocycles. The third kappa shape index (κ3) is 6.55. The van der Waals surface area contributed by atoms with E-state index in [9.17, 15) is 9.18 Å². The van der Waals surface area contributed by atoms with Crippen LogP contribution >= 0.6 is 35.5 Å². The predicted molar refractivity (Wildman–Crippen MR) is 131 cm³/mol. The van der Waals surface area contributed by atoms with Gasteiger partial charge in [0.15, 0.2) is 5.13 Å². The van der Waals surface area contributed by atoms with Crippen molar-refractivity contribution in [3.63, 3.8) is 0 Å². The van der Waals surface area contributed by atoms with E-state index in [1.807, 2.05) is 30.3 Å². The van der Waals surface area contributed by atoms with Crippen LogP contribution in [0.2, 0.25) is 0 Å². The van der Waals surface area contributed by atoms with Crippen molar-refractivity contribution in [3.05, 3.63) is 48.3 Å². The van der Waals surface area contributed by atoms with Crippen LogP contribution in [0.1, 0.15) is 13.8 Å². The van der Waals surface area contributed by atoms with Crippen LogP contribution in [0, 0.1) is 5.82 Å². The third-order valence-electron chi connectivity index (χ3n) is 4.85. The Morgan fingerprint density at radius 3 is 2.45 bits per heavy atom. The summed E-state index contributed by atoms with van der Waals surface area (Å²) in [4.78, 5) is 22.5. The van der Waals surface area contributed by atoms with E-state index in [4.69, 9.17) is 4.74 Å². The Morgan fingerprint density at radius 2 is 1.84 bits per heavy atom. The maximum Gasteiger partial charge on any atom is 0.239 e. The van der Waals surface area contributed by atoms with Crippen molar-refractivity contribution < 1.29 is 13.9 Å². The molecule has 0 spiro atoms. The number of rotatable bonds is 10. The van der Waals surface area contributed by atoms with E-state index in [-0.39, 0.29) is 29.9 Å². The van der Waals surface area contributed by atoms with Crippen LogP contribution in [0.5, 0.6) is 5.75 Å². The van der Waals surface area contributed by atoms with Crippen molar-refractivity contribution in [3.8, 4) is 5.75 Å². The average Bonchev–Trinajstić information content (AvgIpc) is 3.21. The number of nitrogens with zero attached hydrogens (tertiary/aromatic N) is 3. The number of thioether (sulfide) groups is 1. The highest BCUT2D eigenvalue weighted by Crippen LogP contribution is 2.31. The van der Waals surface area contributed by atoms with Crippen LogP contribution in [0.15, 0.2) is 47.4 Å². The molecule has 0 unspecified atom stereocenters. The highest BCUT2D eigenvalue weighted by molar-refractivity contribution is 8.00. The SMILES string of the molecule is CCN(CC)CCN(C(=O)CSc1ccc(OC)cc1)c1nc2c(F)cccc2s1.Cl. The minimum atomic E-state index is -0.362. The number of thiazole rings is 1. The van der Waals surface area contributed by atoms with Gasteiger partial charge in [0.05, 0.1) is 17.6 Å². The molecule has 0 bridgehead atoms. The fourth-order valence-corrected chi connectivity index (χ4v) is 4.82. The Balaban J connectivity index is 0.00000341. The maximum absolute atomic E-state index is 14.1. The van der Waals surface area contributed by atoms with Crippen molar-refractivity contribution in [2.24, 2.45) is 0 Å². The van der Waals surface area contributed by atoms with Gasteiger partial charge in [0.1, 0.15) is 17.1 Å². The van der Waals surface area contributed by atoms with Gasteiger partial charge in [0.2, 0.25) is 5.91 Å². The minimum Gasteiger partial charge on any atom is -0.497 e. The van der Waals surface area contributed by atoms with Gasteiger partial charge in [0.25, 0.3) is 0 Å². The molecule has 0 atom stereocenters. The number of ether oxygens (including phenoxy) is 1. The van der Waals surface area contributed by atoms with Gasteiger partial charge < -0.3 is 9.64 Å². The van der Waals surface area contributed by atoms with Crippen molar-refractivity contribution in [2.75, 3.05) is 43.9 Å². The first-order chi connectivity index (χ1) is 14.5. The Morgan fingerprint density at radius 1 is 1.13 bits per heavy atom. The van der Waals surface area contributed by atoms with Crippen LogP contribution in [-0.4, -0.2) is 54.8 Å². The summed E-state index contributed by atoms with van der Waals surface area (Å²) in [5.41, 5.74) is 0.320. The number of hydrogen-bond acceptors (Lipinski definition) is 6. The van der Waals surface area contributed by atoms with Crippen molar-refractivity contribution in [2.45, 2.75) is 18.7 Å². The molecule has 0 aliphatic rings. The van der Waals surface area contributed by atoms with Crippen molar-refractivity contribution >= 4 is 56.8 Å². The van der Waals surface area contributed by atoms with Crippen LogP contribution in [-0.2, 0) is 4.79 Å². The first kappa shape index (κ1) is 25.4. The first-order valence-corrected chi connectivity index (χ1v) is 11.7. The number of amides is 1. The summed E-state index contributed by atoms with van der Waals surface area (Å²) in [6, 6.07) is 12.5.